The first-order valence-electron chi connectivity index (χ1n) is 10.8. The van der Waals surface area contributed by atoms with Crippen LogP contribution in [0.25, 0.3) is 6.08 Å². The van der Waals surface area contributed by atoms with E-state index in [0.717, 1.165) is 0 Å². The maximum atomic E-state index is 12.4. The highest BCUT2D eigenvalue weighted by Gasteiger charge is 2.16. The quantitative estimate of drug-likeness (QED) is 0.304. The van der Waals surface area contributed by atoms with Crippen molar-refractivity contribution in [3.8, 4) is 17.2 Å². The molecule has 0 atom stereocenters. The van der Waals surface area contributed by atoms with E-state index in [9.17, 15) is 9.59 Å². The monoisotopic (exact) mass is 438 g/mol. The minimum atomic E-state index is -0.606. The van der Waals surface area contributed by atoms with Crippen LogP contribution in [0.2, 0.25) is 0 Å². The van der Waals surface area contributed by atoms with E-state index in [1.165, 1.54) is 65.1 Å². The van der Waals surface area contributed by atoms with E-state index < -0.39 is 5.97 Å². The number of ketones is 1. The summed E-state index contributed by atoms with van der Waals surface area (Å²) in [4.78, 5) is 24.5. The predicted octanol–water partition coefficient (Wildman–Crippen LogP) is 5.20. The fraction of sp³-hybridized carbons (Fsp3) is 0.385. The smallest absolute Gasteiger partial charge is 0.331 e. The summed E-state index contributed by atoms with van der Waals surface area (Å²) in [5.74, 6) is 1.18. The van der Waals surface area contributed by atoms with E-state index in [4.69, 9.17) is 18.9 Å². The normalized spacial score (nSPS) is 14.2. The molecule has 1 saturated carbocycles. The number of hydrogen-bond donors (Lipinski definition) is 0. The van der Waals surface area contributed by atoms with Gasteiger partial charge in [0.1, 0.15) is 0 Å². The molecular formula is C26H30O6. The Balaban J connectivity index is 1.56. The van der Waals surface area contributed by atoms with Crippen LogP contribution in [0.4, 0.5) is 0 Å². The van der Waals surface area contributed by atoms with Crippen LogP contribution in [-0.2, 0) is 9.53 Å². The molecule has 0 saturated heterocycles. The highest BCUT2D eigenvalue weighted by atomic mass is 16.5. The summed E-state index contributed by atoms with van der Waals surface area (Å²) in [6.07, 6.45) is 9.10. The van der Waals surface area contributed by atoms with E-state index >= 15 is 0 Å². The van der Waals surface area contributed by atoms with Gasteiger partial charge in [-0.2, -0.15) is 0 Å². The van der Waals surface area contributed by atoms with Gasteiger partial charge in [-0.05, 0) is 48.1 Å². The van der Waals surface area contributed by atoms with Crippen LogP contribution in [0.15, 0.2) is 42.5 Å². The van der Waals surface area contributed by atoms with Crippen LogP contribution in [-0.4, -0.2) is 39.7 Å². The summed E-state index contributed by atoms with van der Waals surface area (Å²) in [5, 5.41) is 0. The zero-order chi connectivity index (χ0) is 22.9. The minimum Gasteiger partial charge on any atom is -0.493 e. The van der Waals surface area contributed by atoms with Crippen molar-refractivity contribution in [2.24, 2.45) is 0 Å². The summed E-state index contributed by atoms with van der Waals surface area (Å²) >= 11 is 0. The maximum Gasteiger partial charge on any atom is 0.331 e. The van der Waals surface area contributed by atoms with Crippen LogP contribution in [0.5, 0.6) is 17.2 Å². The number of ether oxygens (including phenoxy) is 4. The number of methoxy groups -OCH3 is 3. The van der Waals surface area contributed by atoms with Gasteiger partial charge in [0.25, 0.3) is 0 Å². The van der Waals surface area contributed by atoms with E-state index in [-0.39, 0.29) is 12.4 Å². The zero-order valence-corrected chi connectivity index (χ0v) is 18.9. The standard InChI is InChI=1S/C26H30O6/c1-29-23-15-18(16-24(30-2)26(23)31-3)9-14-25(28)32-17-22(27)21-12-10-20(11-13-21)19-7-5-4-6-8-19/h9-16,19H,4-8,17H2,1-3H3/b14-9+. The molecule has 0 bridgehead atoms. The first kappa shape index (κ1) is 23.4. The fourth-order valence-corrected chi connectivity index (χ4v) is 4.01. The predicted molar refractivity (Wildman–Crippen MR) is 123 cm³/mol. The molecule has 0 unspecified atom stereocenters. The molecule has 6 heteroatoms. The molecule has 0 spiro atoms. The van der Waals surface area contributed by atoms with Crippen molar-refractivity contribution in [3.05, 3.63) is 59.2 Å². The lowest BCUT2D eigenvalue weighted by atomic mass is 9.84. The second-order valence-electron chi connectivity index (χ2n) is 7.78. The summed E-state index contributed by atoms with van der Waals surface area (Å²) in [7, 11) is 4.56. The van der Waals surface area contributed by atoms with E-state index in [1.54, 1.807) is 18.2 Å². The third-order valence-electron chi connectivity index (χ3n) is 5.75. The Labute approximate surface area is 189 Å². The largest absolute Gasteiger partial charge is 0.493 e. The SMILES string of the molecule is COc1cc(/C=C/C(=O)OCC(=O)c2ccc(C3CCCCC3)cc2)cc(OC)c1OC. The van der Waals surface area contributed by atoms with Crippen molar-refractivity contribution in [2.75, 3.05) is 27.9 Å². The number of Topliss-reactive ketones (excluding diaryl/α,β-unsaturated/α-hetero) is 1. The molecule has 1 aliphatic rings. The number of rotatable bonds is 9. The third kappa shape index (κ3) is 5.90. The highest BCUT2D eigenvalue weighted by molar-refractivity contribution is 5.99. The lowest BCUT2D eigenvalue weighted by Gasteiger charge is -2.22. The molecule has 32 heavy (non-hydrogen) atoms. The first-order chi connectivity index (χ1) is 15.5. The number of esters is 1. The van der Waals surface area contributed by atoms with Gasteiger partial charge >= 0.3 is 5.97 Å². The lowest BCUT2D eigenvalue weighted by molar-refractivity contribution is -0.136. The molecule has 3 rings (SSSR count). The van der Waals surface area contributed by atoms with Gasteiger partial charge in [-0.1, -0.05) is 43.5 Å². The number of carbonyl (C=O) groups excluding carboxylic acids is 2. The van der Waals surface area contributed by atoms with E-state index in [0.29, 0.717) is 34.3 Å². The van der Waals surface area contributed by atoms with E-state index in [1.807, 2.05) is 24.3 Å². The molecule has 0 aliphatic heterocycles. The molecule has 6 nitrogen and oxygen atoms in total. The Morgan fingerprint density at radius 3 is 2.09 bits per heavy atom. The van der Waals surface area contributed by atoms with Crippen LogP contribution in [0, 0.1) is 0 Å². The third-order valence-corrected chi connectivity index (χ3v) is 5.75. The molecule has 170 valence electrons. The zero-order valence-electron chi connectivity index (χ0n) is 18.9. The van der Waals surface area contributed by atoms with Gasteiger partial charge in [0.05, 0.1) is 21.3 Å². The van der Waals surface area contributed by atoms with Gasteiger partial charge in [-0.25, -0.2) is 4.79 Å². The molecule has 1 aliphatic carbocycles. The summed E-state index contributed by atoms with van der Waals surface area (Å²) in [6, 6.07) is 11.1. The van der Waals surface area contributed by atoms with Crippen LogP contribution in [0.1, 0.15) is 59.5 Å². The number of benzene rings is 2. The summed E-state index contributed by atoms with van der Waals surface area (Å²) in [6.45, 7) is -0.304. The van der Waals surface area contributed by atoms with Crippen LogP contribution >= 0.6 is 0 Å². The second-order valence-corrected chi connectivity index (χ2v) is 7.78. The van der Waals surface area contributed by atoms with Crippen LogP contribution < -0.4 is 14.2 Å². The van der Waals surface area contributed by atoms with Gasteiger partial charge < -0.3 is 18.9 Å². The molecule has 0 heterocycles. The van der Waals surface area contributed by atoms with Crippen molar-refractivity contribution >= 4 is 17.8 Å². The molecule has 0 N–H and O–H groups in total. The molecule has 0 amide bonds. The fourth-order valence-electron chi connectivity index (χ4n) is 4.01. The van der Waals surface area contributed by atoms with Gasteiger partial charge in [0.2, 0.25) is 5.75 Å². The Kier molecular flexibility index (Phi) is 8.31. The van der Waals surface area contributed by atoms with Crippen molar-refractivity contribution in [2.45, 2.75) is 38.0 Å². The Hall–Kier alpha value is -3.28. The summed E-state index contributed by atoms with van der Waals surface area (Å²) in [5.41, 5.74) is 2.50. The van der Waals surface area contributed by atoms with Crippen LogP contribution in [0.3, 0.4) is 0 Å². The Bertz CT molecular complexity index is 930. The minimum absolute atomic E-state index is 0.227. The van der Waals surface area contributed by atoms with Crippen molar-refractivity contribution in [3.63, 3.8) is 0 Å². The Morgan fingerprint density at radius 1 is 0.906 bits per heavy atom. The molecule has 1 fully saturated rings. The first-order valence-corrected chi connectivity index (χ1v) is 10.8. The molecule has 2 aromatic rings. The highest BCUT2D eigenvalue weighted by Crippen LogP contribution is 2.38. The van der Waals surface area contributed by atoms with Crippen molar-refractivity contribution in [1.29, 1.82) is 0 Å². The number of carbonyl (C=O) groups is 2. The van der Waals surface area contributed by atoms with E-state index in [2.05, 4.69) is 0 Å². The summed E-state index contributed by atoms with van der Waals surface area (Å²) < 4.78 is 21.0. The molecule has 2 aromatic carbocycles. The topological polar surface area (TPSA) is 71.1 Å². The van der Waals surface area contributed by atoms with Gasteiger partial charge in [-0.3, -0.25) is 4.79 Å². The van der Waals surface area contributed by atoms with Crippen molar-refractivity contribution in [1.82, 2.24) is 0 Å². The second kappa shape index (κ2) is 11.4. The average Bonchev–Trinajstić information content (AvgIpc) is 2.85. The van der Waals surface area contributed by atoms with Gasteiger partial charge in [0.15, 0.2) is 23.9 Å². The number of hydrogen-bond acceptors (Lipinski definition) is 6. The van der Waals surface area contributed by atoms with Crippen molar-refractivity contribution < 1.29 is 28.5 Å². The average molecular weight is 439 g/mol. The Morgan fingerprint density at radius 2 is 1.53 bits per heavy atom. The molecule has 0 aromatic heterocycles. The van der Waals surface area contributed by atoms with Gasteiger partial charge in [-0.15, -0.1) is 0 Å². The molecule has 0 radical (unpaired) electrons. The maximum absolute atomic E-state index is 12.4. The lowest BCUT2D eigenvalue weighted by Crippen LogP contribution is -2.13. The van der Waals surface area contributed by atoms with Gasteiger partial charge in [0, 0.05) is 11.6 Å². The molecular weight excluding hydrogens is 408 g/mol.